The van der Waals surface area contributed by atoms with Crippen LogP contribution in [0.2, 0.25) is 0 Å². The standard InChI is InChI=1S/C23H32N2S2.ClH/c1-5-8-15-26-19-13-14-23-21(16-19)25(17-18(4)24(6-2)7-3)20-11-9-10-12-22(20)27-23;/h9-14,16,18H,5-8,15,17H2,1-4H3;1H. The summed E-state index contributed by atoms with van der Waals surface area (Å²) in [4.78, 5) is 9.23. The molecule has 1 atom stereocenters. The third-order valence-electron chi connectivity index (χ3n) is 5.25. The molecule has 0 aromatic heterocycles. The van der Waals surface area contributed by atoms with Crippen molar-refractivity contribution in [1.29, 1.82) is 0 Å². The Kier molecular flexibility index (Phi) is 9.55. The summed E-state index contributed by atoms with van der Waals surface area (Å²) >= 11 is 3.89. The highest BCUT2D eigenvalue weighted by Gasteiger charge is 2.26. The first kappa shape index (κ1) is 23.5. The fourth-order valence-electron chi connectivity index (χ4n) is 3.66. The van der Waals surface area contributed by atoms with Crippen molar-refractivity contribution in [1.82, 2.24) is 4.90 Å². The van der Waals surface area contributed by atoms with Gasteiger partial charge in [-0.3, -0.25) is 4.90 Å². The number of likely N-dealkylation sites (N-methyl/N-ethyl adjacent to an activating group) is 1. The number of halogens is 1. The Hall–Kier alpha value is -0.810. The molecule has 2 aromatic carbocycles. The summed E-state index contributed by atoms with van der Waals surface area (Å²) in [7, 11) is 0. The SMILES string of the molecule is CCCCSc1ccc2c(c1)N(CC(C)N(CC)CC)c1ccccc1S2.Cl. The molecular formula is C23H33ClN2S2. The molecule has 1 aliphatic heterocycles. The van der Waals surface area contributed by atoms with Gasteiger partial charge in [0, 0.05) is 27.3 Å². The Morgan fingerprint density at radius 3 is 2.43 bits per heavy atom. The van der Waals surface area contributed by atoms with E-state index in [9.17, 15) is 0 Å². The lowest BCUT2D eigenvalue weighted by Crippen LogP contribution is -2.41. The Bertz CT molecular complexity index is 749. The maximum absolute atomic E-state index is 2.55. The quantitative estimate of drug-likeness (QED) is 0.299. The van der Waals surface area contributed by atoms with E-state index in [1.807, 2.05) is 23.5 Å². The topological polar surface area (TPSA) is 6.48 Å². The molecule has 1 unspecified atom stereocenters. The third kappa shape index (κ3) is 5.41. The normalized spacial score (nSPS) is 13.7. The highest BCUT2D eigenvalue weighted by atomic mass is 35.5. The smallest absolute Gasteiger partial charge is 0.0564 e. The van der Waals surface area contributed by atoms with Crippen LogP contribution in [0.25, 0.3) is 0 Å². The molecule has 0 fully saturated rings. The molecule has 2 aromatic rings. The van der Waals surface area contributed by atoms with E-state index in [0.717, 1.165) is 19.6 Å². The molecule has 2 nitrogen and oxygen atoms in total. The van der Waals surface area contributed by atoms with Crippen LogP contribution in [0.15, 0.2) is 57.2 Å². The molecule has 0 spiro atoms. The number of hydrogen-bond acceptors (Lipinski definition) is 4. The van der Waals surface area contributed by atoms with Crippen LogP contribution in [0.5, 0.6) is 0 Å². The van der Waals surface area contributed by atoms with Crippen LogP contribution < -0.4 is 4.90 Å². The molecule has 0 aliphatic carbocycles. The first-order valence-corrected chi connectivity index (χ1v) is 12.0. The summed E-state index contributed by atoms with van der Waals surface area (Å²) < 4.78 is 0. The summed E-state index contributed by atoms with van der Waals surface area (Å²) in [5.74, 6) is 1.20. The van der Waals surface area contributed by atoms with Gasteiger partial charge in [-0.05, 0) is 62.5 Å². The van der Waals surface area contributed by atoms with Gasteiger partial charge in [0.05, 0.1) is 11.4 Å². The number of para-hydroxylation sites is 1. The highest BCUT2D eigenvalue weighted by Crippen LogP contribution is 2.49. The van der Waals surface area contributed by atoms with Gasteiger partial charge in [-0.1, -0.05) is 51.1 Å². The second-order valence-corrected chi connectivity index (χ2v) is 9.33. The Morgan fingerprint density at radius 1 is 1.00 bits per heavy atom. The van der Waals surface area contributed by atoms with Gasteiger partial charge in [0.15, 0.2) is 0 Å². The average molecular weight is 437 g/mol. The van der Waals surface area contributed by atoms with Crippen molar-refractivity contribution < 1.29 is 0 Å². The Balaban J connectivity index is 0.00000280. The molecule has 0 bridgehead atoms. The summed E-state index contributed by atoms with van der Waals surface area (Å²) in [6.45, 7) is 12.4. The van der Waals surface area contributed by atoms with E-state index >= 15 is 0 Å². The van der Waals surface area contributed by atoms with E-state index in [0.29, 0.717) is 6.04 Å². The van der Waals surface area contributed by atoms with Crippen LogP contribution >= 0.6 is 35.9 Å². The van der Waals surface area contributed by atoms with Gasteiger partial charge in [0.1, 0.15) is 0 Å². The van der Waals surface area contributed by atoms with Crippen LogP contribution in [0.3, 0.4) is 0 Å². The second kappa shape index (κ2) is 11.4. The van der Waals surface area contributed by atoms with Crippen LogP contribution in [-0.4, -0.2) is 36.3 Å². The Labute approximate surface area is 185 Å². The van der Waals surface area contributed by atoms with Crippen molar-refractivity contribution >= 4 is 47.3 Å². The number of nitrogens with zero attached hydrogens (tertiary/aromatic N) is 2. The highest BCUT2D eigenvalue weighted by molar-refractivity contribution is 8.00. The lowest BCUT2D eigenvalue weighted by molar-refractivity contribution is 0.236. The molecule has 28 heavy (non-hydrogen) atoms. The number of fused-ring (bicyclic) bond motifs is 2. The maximum Gasteiger partial charge on any atom is 0.0564 e. The molecule has 1 aliphatic rings. The molecule has 1 heterocycles. The Morgan fingerprint density at radius 2 is 1.71 bits per heavy atom. The monoisotopic (exact) mass is 436 g/mol. The maximum atomic E-state index is 2.55. The minimum Gasteiger partial charge on any atom is -0.338 e. The fraction of sp³-hybridized carbons (Fsp3) is 0.478. The lowest BCUT2D eigenvalue weighted by Gasteiger charge is -2.37. The van der Waals surface area contributed by atoms with Gasteiger partial charge in [0.25, 0.3) is 0 Å². The van der Waals surface area contributed by atoms with Crippen LogP contribution in [0.4, 0.5) is 11.4 Å². The van der Waals surface area contributed by atoms with Gasteiger partial charge in [-0.25, -0.2) is 0 Å². The van der Waals surface area contributed by atoms with Crippen molar-refractivity contribution in [2.75, 3.05) is 30.3 Å². The summed E-state index contributed by atoms with van der Waals surface area (Å²) in [6, 6.07) is 16.4. The number of unbranched alkanes of at least 4 members (excludes halogenated alkanes) is 1. The molecule has 0 amide bonds. The van der Waals surface area contributed by atoms with Gasteiger partial charge in [-0.2, -0.15) is 0 Å². The number of hydrogen-bond donors (Lipinski definition) is 0. The number of benzene rings is 2. The van der Waals surface area contributed by atoms with E-state index < -0.39 is 0 Å². The minimum atomic E-state index is 0. The van der Waals surface area contributed by atoms with Crippen molar-refractivity contribution in [3.8, 4) is 0 Å². The van der Waals surface area contributed by atoms with E-state index in [-0.39, 0.29) is 12.4 Å². The van der Waals surface area contributed by atoms with E-state index in [1.54, 1.807) is 0 Å². The van der Waals surface area contributed by atoms with Gasteiger partial charge < -0.3 is 4.90 Å². The molecule has 3 rings (SSSR count). The fourth-order valence-corrected chi connectivity index (χ4v) is 5.76. The van der Waals surface area contributed by atoms with Crippen molar-refractivity contribution in [3.63, 3.8) is 0 Å². The zero-order valence-electron chi connectivity index (χ0n) is 17.5. The summed E-state index contributed by atoms with van der Waals surface area (Å²) in [6.07, 6.45) is 2.54. The van der Waals surface area contributed by atoms with Gasteiger partial charge in [-0.15, -0.1) is 24.2 Å². The molecule has 0 radical (unpaired) electrons. The van der Waals surface area contributed by atoms with Crippen molar-refractivity contribution in [2.24, 2.45) is 0 Å². The van der Waals surface area contributed by atoms with Crippen LogP contribution in [-0.2, 0) is 0 Å². The molecule has 0 saturated carbocycles. The predicted octanol–water partition coefficient (Wildman–Crippen LogP) is 7.33. The summed E-state index contributed by atoms with van der Waals surface area (Å²) in [5.41, 5.74) is 2.73. The van der Waals surface area contributed by atoms with Crippen molar-refractivity contribution in [2.45, 2.75) is 61.3 Å². The molecule has 0 saturated heterocycles. The van der Waals surface area contributed by atoms with Crippen molar-refractivity contribution in [3.05, 3.63) is 42.5 Å². The zero-order chi connectivity index (χ0) is 19.2. The second-order valence-electron chi connectivity index (χ2n) is 7.08. The van der Waals surface area contributed by atoms with E-state index in [1.165, 1.54) is 44.7 Å². The summed E-state index contributed by atoms with van der Waals surface area (Å²) in [5, 5.41) is 0. The first-order chi connectivity index (χ1) is 13.2. The van der Waals surface area contributed by atoms with Gasteiger partial charge >= 0.3 is 0 Å². The van der Waals surface area contributed by atoms with Crippen LogP contribution in [0.1, 0.15) is 40.5 Å². The molecular weight excluding hydrogens is 404 g/mol. The minimum absolute atomic E-state index is 0. The zero-order valence-corrected chi connectivity index (χ0v) is 19.9. The van der Waals surface area contributed by atoms with Gasteiger partial charge in [0.2, 0.25) is 0 Å². The molecule has 154 valence electrons. The lowest BCUT2D eigenvalue weighted by atomic mass is 10.1. The van der Waals surface area contributed by atoms with E-state index in [2.05, 4.69) is 80.0 Å². The number of thioether (sulfide) groups is 1. The van der Waals surface area contributed by atoms with E-state index in [4.69, 9.17) is 0 Å². The number of rotatable bonds is 9. The molecule has 5 heteroatoms. The third-order valence-corrected chi connectivity index (χ3v) is 7.46. The molecule has 0 N–H and O–H groups in total. The first-order valence-electron chi connectivity index (χ1n) is 10.2. The largest absolute Gasteiger partial charge is 0.338 e. The predicted molar refractivity (Wildman–Crippen MR) is 129 cm³/mol. The van der Waals surface area contributed by atoms with Crippen LogP contribution in [0, 0.1) is 0 Å². The number of anilines is 2. The average Bonchev–Trinajstić information content (AvgIpc) is 2.69.